The van der Waals surface area contributed by atoms with Crippen LogP contribution in [-0.4, -0.2) is 19.9 Å². The summed E-state index contributed by atoms with van der Waals surface area (Å²) in [6.07, 6.45) is 1.39. The van der Waals surface area contributed by atoms with Crippen LogP contribution >= 0.6 is 0 Å². The molecule has 0 spiro atoms. The van der Waals surface area contributed by atoms with Gasteiger partial charge in [-0.1, -0.05) is 30.3 Å². The fraction of sp³-hybridized carbons (Fsp3) is 0.154. The lowest BCUT2D eigenvalue weighted by Crippen LogP contribution is -2.35. The number of anilines is 1. The highest BCUT2D eigenvalue weighted by Gasteiger charge is 2.27. The Bertz CT molecular complexity index is 716. The maximum Gasteiger partial charge on any atom is 0.183 e. The summed E-state index contributed by atoms with van der Waals surface area (Å²) in [5.41, 5.74) is 13.5. The van der Waals surface area contributed by atoms with Gasteiger partial charge < -0.3 is 16.5 Å². The molecule has 1 atom stereocenters. The second kappa shape index (κ2) is 4.03. The first kappa shape index (κ1) is 11.6. The molecule has 19 heavy (non-hydrogen) atoms. The van der Waals surface area contributed by atoms with Crippen LogP contribution in [0, 0.1) is 0 Å². The Morgan fingerprint density at radius 2 is 1.89 bits per heavy atom. The van der Waals surface area contributed by atoms with Crippen molar-refractivity contribution < 1.29 is 0 Å². The Balaban J connectivity index is 2.16. The average molecular weight is 254 g/mol. The normalized spacial score (nSPS) is 14.4. The largest absolute Gasteiger partial charge is 0.382 e. The van der Waals surface area contributed by atoms with Gasteiger partial charge in [0.2, 0.25) is 0 Å². The van der Waals surface area contributed by atoms with Crippen molar-refractivity contribution in [1.82, 2.24) is 19.9 Å². The number of aromatic nitrogens is 4. The molecule has 0 fully saturated rings. The molecule has 0 amide bonds. The van der Waals surface area contributed by atoms with E-state index in [0.29, 0.717) is 22.8 Å². The number of nitrogens with two attached hydrogens (primary N) is 2. The Morgan fingerprint density at radius 1 is 1.16 bits per heavy atom. The SMILES string of the molecule is CC(N)(c1ccccc1)c1nc2ncnc(N)c2[nH]1. The van der Waals surface area contributed by atoms with Gasteiger partial charge in [0, 0.05) is 0 Å². The van der Waals surface area contributed by atoms with Gasteiger partial charge in [0.15, 0.2) is 11.5 Å². The molecule has 1 unspecified atom stereocenters. The maximum atomic E-state index is 6.39. The monoisotopic (exact) mass is 254 g/mol. The van der Waals surface area contributed by atoms with Gasteiger partial charge in [0.25, 0.3) is 0 Å². The minimum atomic E-state index is -0.742. The first-order chi connectivity index (χ1) is 9.09. The van der Waals surface area contributed by atoms with Crippen molar-refractivity contribution >= 4 is 17.0 Å². The molecule has 96 valence electrons. The molecule has 0 saturated heterocycles. The van der Waals surface area contributed by atoms with Crippen LogP contribution in [0.1, 0.15) is 18.3 Å². The van der Waals surface area contributed by atoms with Crippen molar-refractivity contribution in [3.63, 3.8) is 0 Å². The summed E-state index contributed by atoms with van der Waals surface area (Å²) >= 11 is 0. The number of nitrogens with one attached hydrogen (secondary N) is 1. The molecule has 0 aliphatic heterocycles. The number of imidazole rings is 1. The number of rotatable bonds is 2. The summed E-state index contributed by atoms with van der Waals surface area (Å²) in [6, 6.07) is 9.75. The van der Waals surface area contributed by atoms with Crippen LogP contribution in [0.4, 0.5) is 5.82 Å². The Hall–Kier alpha value is -2.47. The molecule has 0 bridgehead atoms. The average Bonchev–Trinajstić information content (AvgIpc) is 2.86. The van der Waals surface area contributed by atoms with Crippen LogP contribution in [0.3, 0.4) is 0 Å². The topological polar surface area (TPSA) is 106 Å². The highest BCUT2D eigenvalue weighted by Crippen LogP contribution is 2.26. The number of nitrogen functional groups attached to an aromatic ring is 1. The van der Waals surface area contributed by atoms with Crippen molar-refractivity contribution in [1.29, 1.82) is 0 Å². The van der Waals surface area contributed by atoms with Crippen molar-refractivity contribution in [3.8, 4) is 0 Å². The number of nitrogens with zero attached hydrogens (tertiary/aromatic N) is 3. The molecule has 1 aromatic carbocycles. The second-order valence-corrected chi connectivity index (χ2v) is 4.61. The summed E-state index contributed by atoms with van der Waals surface area (Å²) in [4.78, 5) is 15.5. The van der Waals surface area contributed by atoms with Gasteiger partial charge in [-0.3, -0.25) is 0 Å². The van der Waals surface area contributed by atoms with Gasteiger partial charge >= 0.3 is 0 Å². The van der Waals surface area contributed by atoms with E-state index in [4.69, 9.17) is 11.5 Å². The predicted molar refractivity (Wildman–Crippen MR) is 73.2 cm³/mol. The molecular formula is C13H14N6. The second-order valence-electron chi connectivity index (χ2n) is 4.61. The lowest BCUT2D eigenvalue weighted by Gasteiger charge is -2.22. The molecule has 0 aliphatic rings. The minimum Gasteiger partial charge on any atom is -0.382 e. The summed E-state index contributed by atoms with van der Waals surface area (Å²) in [7, 11) is 0. The summed E-state index contributed by atoms with van der Waals surface area (Å²) in [6.45, 7) is 1.89. The smallest absolute Gasteiger partial charge is 0.183 e. The lowest BCUT2D eigenvalue weighted by atomic mass is 9.92. The number of H-pyrrole nitrogens is 1. The van der Waals surface area contributed by atoms with Crippen LogP contribution in [0.25, 0.3) is 11.2 Å². The third-order valence-electron chi connectivity index (χ3n) is 3.18. The van der Waals surface area contributed by atoms with Crippen molar-refractivity contribution in [2.75, 3.05) is 5.73 Å². The summed E-state index contributed by atoms with van der Waals surface area (Å²) in [5, 5.41) is 0. The molecule has 6 nitrogen and oxygen atoms in total. The van der Waals surface area contributed by atoms with Crippen LogP contribution in [0.2, 0.25) is 0 Å². The van der Waals surface area contributed by atoms with Crippen LogP contribution in [-0.2, 0) is 5.54 Å². The third-order valence-corrected chi connectivity index (χ3v) is 3.18. The molecule has 3 rings (SSSR count). The number of benzene rings is 1. The molecule has 0 aliphatic carbocycles. The van der Waals surface area contributed by atoms with E-state index in [-0.39, 0.29) is 0 Å². The number of fused-ring (bicyclic) bond motifs is 1. The van der Waals surface area contributed by atoms with E-state index in [9.17, 15) is 0 Å². The van der Waals surface area contributed by atoms with Crippen molar-refractivity contribution in [3.05, 3.63) is 48.0 Å². The van der Waals surface area contributed by atoms with Crippen LogP contribution in [0.15, 0.2) is 36.7 Å². The van der Waals surface area contributed by atoms with E-state index < -0.39 is 5.54 Å². The third kappa shape index (κ3) is 1.82. The van der Waals surface area contributed by atoms with Gasteiger partial charge in [-0.25, -0.2) is 15.0 Å². The van der Waals surface area contributed by atoms with Gasteiger partial charge in [-0.15, -0.1) is 0 Å². The standard InChI is InChI=1S/C13H14N6/c1-13(15,8-5-3-2-4-6-8)12-18-9-10(14)16-7-17-11(9)19-12/h2-7H,15H2,1H3,(H3,14,16,17,18,19). The number of hydrogen-bond acceptors (Lipinski definition) is 5. The van der Waals surface area contributed by atoms with E-state index in [0.717, 1.165) is 5.56 Å². The van der Waals surface area contributed by atoms with E-state index in [2.05, 4.69) is 19.9 Å². The van der Waals surface area contributed by atoms with Crippen LogP contribution < -0.4 is 11.5 Å². The molecular weight excluding hydrogens is 240 g/mol. The highest BCUT2D eigenvalue weighted by molar-refractivity contribution is 5.81. The Labute approximate surface area is 109 Å². The fourth-order valence-corrected chi connectivity index (χ4v) is 2.01. The summed E-state index contributed by atoms with van der Waals surface area (Å²) in [5.74, 6) is 0.980. The van der Waals surface area contributed by atoms with Crippen LogP contribution in [0.5, 0.6) is 0 Å². The zero-order valence-electron chi connectivity index (χ0n) is 10.5. The number of aromatic amines is 1. The Kier molecular flexibility index (Phi) is 2.46. The molecule has 2 aromatic heterocycles. The molecule has 0 saturated carbocycles. The first-order valence-electron chi connectivity index (χ1n) is 5.90. The van der Waals surface area contributed by atoms with Gasteiger partial charge in [0.1, 0.15) is 17.7 Å². The summed E-state index contributed by atoms with van der Waals surface area (Å²) < 4.78 is 0. The first-order valence-corrected chi connectivity index (χ1v) is 5.90. The van der Waals surface area contributed by atoms with E-state index in [1.54, 1.807) is 0 Å². The van der Waals surface area contributed by atoms with Crippen molar-refractivity contribution in [2.45, 2.75) is 12.5 Å². The van der Waals surface area contributed by atoms with Gasteiger partial charge in [-0.2, -0.15) is 0 Å². The Morgan fingerprint density at radius 3 is 2.58 bits per heavy atom. The van der Waals surface area contributed by atoms with E-state index in [1.165, 1.54) is 6.33 Å². The molecule has 6 heteroatoms. The highest BCUT2D eigenvalue weighted by atomic mass is 15.1. The minimum absolute atomic E-state index is 0.368. The lowest BCUT2D eigenvalue weighted by molar-refractivity contribution is 0.567. The molecule has 2 heterocycles. The van der Waals surface area contributed by atoms with Gasteiger partial charge in [0.05, 0.1) is 5.54 Å². The molecule has 3 aromatic rings. The quantitative estimate of drug-likeness (QED) is 0.636. The fourth-order valence-electron chi connectivity index (χ4n) is 2.01. The molecule has 5 N–H and O–H groups in total. The van der Waals surface area contributed by atoms with Crippen molar-refractivity contribution in [2.24, 2.45) is 5.73 Å². The molecule has 0 radical (unpaired) electrons. The maximum absolute atomic E-state index is 6.39. The van der Waals surface area contributed by atoms with E-state index in [1.807, 2.05) is 37.3 Å². The predicted octanol–water partition coefficient (Wildman–Crippen LogP) is 1.16. The van der Waals surface area contributed by atoms with E-state index >= 15 is 0 Å². The number of hydrogen-bond donors (Lipinski definition) is 3. The zero-order chi connectivity index (χ0) is 13.5. The van der Waals surface area contributed by atoms with Gasteiger partial charge in [-0.05, 0) is 12.5 Å². The zero-order valence-corrected chi connectivity index (χ0v) is 10.5.